The van der Waals surface area contributed by atoms with Crippen LogP contribution in [-0.2, 0) is 9.53 Å². The average molecular weight is 335 g/mol. The summed E-state index contributed by atoms with van der Waals surface area (Å²) in [4.78, 5) is 11.5. The number of fused-ring (bicyclic) bond motifs is 1. The summed E-state index contributed by atoms with van der Waals surface area (Å²) < 4.78 is 5.65. The fraction of sp³-hybridized carbons (Fsp3) is 0.864. The maximum absolute atomic E-state index is 11.5. The first kappa shape index (κ1) is 19.5. The van der Waals surface area contributed by atoms with Gasteiger partial charge in [0, 0.05) is 6.92 Å². The van der Waals surface area contributed by atoms with Gasteiger partial charge in [0.05, 0.1) is 0 Å². The molecule has 0 N–H and O–H groups in total. The van der Waals surface area contributed by atoms with Crippen LogP contribution in [-0.4, -0.2) is 11.6 Å². The average Bonchev–Trinajstić information content (AvgIpc) is 2.44. The summed E-state index contributed by atoms with van der Waals surface area (Å²) in [5.41, 5.74) is 1.91. The van der Waals surface area contributed by atoms with Gasteiger partial charge in [0.15, 0.2) is 0 Å². The van der Waals surface area contributed by atoms with E-state index in [9.17, 15) is 4.79 Å². The largest absolute Gasteiger partial charge is 0.460 e. The second-order valence-corrected chi connectivity index (χ2v) is 9.59. The molecule has 0 amide bonds. The van der Waals surface area contributed by atoms with Crippen LogP contribution in [0.15, 0.2) is 12.2 Å². The Bertz CT molecular complexity index is 492. The van der Waals surface area contributed by atoms with E-state index in [1.54, 1.807) is 0 Å². The zero-order valence-corrected chi connectivity index (χ0v) is 16.8. The van der Waals surface area contributed by atoms with Crippen molar-refractivity contribution in [3.05, 3.63) is 12.2 Å². The third-order valence-corrected chi connectivity index (χ3v) is 7.42. The number of allylic oxidation sites excluding steroid dienone is 1. The van der Waals surface area contributed by atoms with Crippen LogP contribution in [0.5, 0.6) is 0 Å². The summed E-state index contributed by atoms with van der Waals surface area (Å²) in [5.74, 6) is 1.19. The minimum Gasteiger partial charge on any atom is -0.460 e. The third-order valence-electron chi connectivity index (χ3n) is 7.42. The number of hydrogen-bond donors (Lipinski definition) is 0. The van der Waals surface area contributed by atoms with Crippen LogP contribution in [0, 0.1) is 22.7 Å². The van der Waals surface area contributed by atoms with Crippen LogP contribution in [0.1, 0.15) is 92.9 Å². The highest BCUT2D eigenvalue weighted by atomic mass is 16.6. The van der Waals surface area contributed by atoms with E-state index in [4.69, 9.17) is 4.74 Å². The van der Waals surface area contributed by atoms with Gasteiger partial charge in [-0.15, -0.1) is 0 Å². The molecule has 0 aliphatic heterocycles. The predicted octanol–water partition coefficient (Wildman–Crippen LogP) is 6.30. The maximum atomic E-state index is 11.5. The SMILES string of the molecule is C=C1CC[C@H]2C(C)(C)CCC[C@]2(C)[C@H]1CCC(C)(CC)OC(C)=O. The number of ether oxygens (including phenoxy) is 1. The summed E-state index contributed by atoms with van der Waals surface area (Å²) in [6.07, 6.45) is 9.39. The van der Waals surface area contributed by atoms with Crippen molar-refractivity contribution >= 4 is 5.97 Å². The Morgan fingerprint density at radius 1 is 1.33 bits per heavy atom. The quantitative estimate of drug-likeness (QED) is 0.436. The van der Waals surface area contributed by atoms with E-state index >= 15 is 0 Å². The standard InChI is InChI=1S/C22H38O2/c1-8-21(6,24-17(3)23)15-12-18-16(2)10-11-19-20(4,5)13-9-14-22(18,19)7/h18-19H,2,8-15H2,1,3-7H3/t18-,19-,21?,22+/m0/s1. The van der Waals surface area contributed by atoms with Gasteiger partial charge in [0.1, 0.15) is 5.60 Å². The molecule has 2 aliphatic carbocycles. The lowest BCUT2D eigenvalue weighted by Crippen LogP contribution is -2.49. The van der Waals surface area contributed by atoms with Crippen LogP contribution in [0.25, 0.3) is 0 Å². The molecule has 2 saturated carbocycles. The second-order valence-electron chi connectivity index (χ2n) is 9.59. The first-order chi connectivity index (χ1) is 11.0. The number of hydrogen-bond acceptors (Lipinski definition) is 2. The fourth-order valence-electron chi connectivity index (χ4n) is 5.90. The molecule has 2 heteroatoms. The highest BCUT2D eigenvalue weighted by Gasteiger charge is 2.52. The molecule has 0 heterocycles. The fourth-order valence-corrected chi connectivity index (χ4v) is 5.90. The van der Waals surface area contributed by atoms with E-state index in [1.165, 1.54) is 44.6 Å². The van der Waals surface area contributed by atoms with Crippen molar-refractivity contribution in [2.24, 2.45) is 22.7 Å². The molecular weight excluding hydrogens is 296 g/mol. The highest BCUT2D eigenvalue weighted by Crippen LogP contribution is 2.61. The molecule has 1 unspecified atom stereocenters. The maximum Gasteiger partial charge on any atom is 0.303 e. The molecule has 4 atom stereocenters. The van der Waals surface area contributed by atoms with Crippen LogP contribution >= 0.6 is 0 Å². The zero-order valence-electron chi connectivity index (χ0n) is 16.8. The molecule has 0 aromatic rings. The van der Waals surface area contributed by atoms with Gasteiger partial charge in [-0.25, -0.2) is 0 Å². The molecular formula is C22H38O2. The van der Waals surface area contributed by atoms with Crippen LogP contribution in [0.3, 0.4) is 0 Å². The van der Waals surface area contributed by atoms with E-state index in [-0.39, 0.29) is 11.6 Å². The van der Waals surface area contributed by atoms with Crippen LogP contribution < -0.4 is 0 Å². The molecule has 2 rings (SSSR count). The normalized spacial score (nSPS) is 35.0. The van der Waals surface area contributed by atoms with Gasteiger partial charge < -0.3 is 4.74 Å². The Hall–Kier alpha value is -0.790. The van der Waals surface area contributed by atoms with Crippen LogP contribution in [0.2, 0.25) is 0 Å². The Labute approximate surface area is 149 Å². The van der Waals surface area contributed by atoms with Crippen molar-refractivity contribution < 1.29 is 9.53 Å². The van der Waals surface area contributed by atoms with E-state index in [2.05, 4.69) is 41.2 Å². The predicted molar refractivity (Wildman–Crippen MR) is 101 cm³/mol. The molecule has 2 fully saturated rings. The van der Waals surface area contributed by atoms with E-state index in [0.29, 0.717) is 16.7 Å². The molecule has 0 aromatic heterocycles. The highest BCUT2D eigenvalue weighted by molar-refractivity contribution is 5.66. The lowest BCUT2D eigenvalue weighted by molar-refractivity contribution is -0.157. The summed E-state index contributed by atoms with van der Waals surface area (Å²) in [7, 11) is 0. The van der Waals surface area contributed by atoms with Crippen molar-refractivity contribution in [1.29, 1.82) is 0 Å². The van der Waals surface area contributed by atoms with Gasteiger partial charge >= 0.3 is 5.97 Å². The Morgan fingerprint density at radius 3 is 2.58 bits per heavy atom. The minimum atomic E-state index is -0.334. The molecule has 24 heavy (non-hydrogen) atoms. The van der Waals surface area contributed by atoms with Gasteiger partial charge in [-0.2, -0.15) is 0 Å². The topological polar surface area (TPSA) is 26.3 Å². The van der Waals surface area contributed by atoms with Gasteiger partial charge in [-0.1, -0.05) is 46.3 Å². The zero-order chi connectivity index (χ0) is 18.2. The molecule has 2 nitrogen and oxygen atoms in total. The van der Waals surface area contributed by atoms with Crippen molar-refractivity contribution in [2.45, 2.75) is 98.5 Å². The number of rotatable bonds is 5. The lowest BCUT2D eigenvalue weighted by Gasteiger charge is -2.58. The summed E-state index contributed by atoms with van der Waals surface area (Å²) in [6, 6.07) is 0. The minimum absolute atomic E-state index is 0.162. The van der Waals surface area contributed by atoms with E-state index in [1.807, 2.05) is 0 Å². The third kappa shape index (κ3) is 3.73. The molecule has 0 spiro atoms. The van der Waals surface area contributed by atoms with E-state index in [0.717, 1.165) is 25.2 Å². The molecule has 0 radical (unpaired) electrons. The van der Waals surface area contributed by atoms with Gasteiger partial charge in [0.2, 0.25) is 0 Å². The van der Waals surface area contributed by atoms with Gasteiger partial charge in [-0.05, 0) is 74.5 Å². The van der Waals surface area contributed by atoms with Gasteiger partial charge in [0.25, 0.3) is 0 Å². The van der Waals surface area contributed by atoms with Crippen molar-refractivity contribution in [2.75, 3.05) is 0 Å². The first-order valence-corrected chi connectivity index (χ1v) is 9.91. The summed E-state index contributed by atoms with van der Waals surface area (Å²) in [5, 5.41) is 0. The number of carbonyl (C=O) groups excluding carboxylic acids is 1. The molecule has 0 saturated heterocycles. The summed E-state index contributed by atoms with van der Waals surface area (Å²) in [6.45, 7) is 17.6. The Morgan fingerprint density at radius 2 is 2.00 bits per heavy atom. The monoisotopic (exact) mass is 334 g/mol. The Kier molecular flexibility index (Phi) is 5.57. The number of carbonyl (C=O) groups is 1. The van der Waals surface area contributed by atoms with Crippen molar-refractivity contribution in [3.8, 4) is 0 Å². The second kappa shape index (κ2) is 6.84. The van der Waals surface area contributed by atoms with E-state index < -0.39 is 0 Å². The summed E-state index contributed by atoms with van der Waals surface area (Å²) >= 11 is 0. The van der Waals surface area contributed by atoms with Gasteiger partial charge in [-0.3, -0.25) is 4.79 Å². The molecule has 0 bridgehead atoms. The van der Waals surface area contributed by atoms with Crippen molar-refractivity contribution in [1.82, 2.24) is 0 Å². The lowest BCUT2D eigenvalue weighted by atomic mass is 9.47. The first-order valence-electron chi connectivity index (χ1n) is 9.91. The molecule has 2 aliphatic rings. The molecule has 0 aromatic carbocycles. The number of esters is 1. The Balaban J connectivity index is 2.18. The smallest absolute Gasteiger partial charge is 0.303 e. The van der Waals surface area contributed by atoms with Crippen LogP contribution in [0.4, 0.5) is 0 Å². The molecule has 138 valence electrons. The van der Waals surface area contributed by atoms with Crippen molar-refractivity contribution in [3.63, 3.8) is 0 Å².